The van der Waals surface area contributed by atoms with Gasteiger partial charge in [0.2, 0.25) is 0 Å². The van der Waals surface area contributed by atoms with Gasteiger partial charge in [0, 0.05) is 10.6 Å². The Hall–Kier alpha value is -0.670. The highest BCUT2D eigenvalue weighted by atomic mass is 32.2. The molecule has 1 heterocycles. The summed E-state index contributed by atoms with van der Waals surface area (Å²) >= 11 is 1.76. The van der Waals surface area contributed by atoms with Gasteiger partial charge in [-0.2, -0.15) is 0 Å². The summed E-state index contributed by atoms with van der Waals surface area (Å²) in [7, 11) is 0. The van der Waals surface area contributed by atoms with Gasteiger partial charge in [0.15, 0.2) is 0 Å². The molecule has 12 heavy (non-hydrogen) atoms. The Morgan fingerprint density at radius 1 is 1.42 bits per heavy atom. The lowest BCUT2D eigenvalue weighted by Crippen LogP contribution is -1.87. The number of aromatic hydroxyl groups is 1. The average molecular weight is 182 g/mol. The van der Waals surface area contributed by atoms with Gasteiger partial charge in [0.05, 0.1) is 12.7 Å². The van der Waals surface area contributed by atoms with Crippen LogP contribution >= 0.6 is 11.8 Å². The van der Waals surface area contributed by atoms with Crippen LogP contribution in [0.15, 0.2) is 29.2 Å². The maximum atomic E-state index is 9.01. The summed E-state index contributed by atoms with van der Waals surface area (Å²) in [5, 5.41) is 9.01. The highest BCUT2D eigenvalue weighted by Crippen LogP contribution is 2.24. The van der Waals surface area contributed by atoms with Crippen molar-refractivity contribution in [3.05, 3.63) is 24.3 Å². The number of thioether (sulfide) groups is 1. The van der Waals surface area contributed by atoms with E-state index in [2.05, 4.69) is 0 Å². The van der Waals surface area contributed by atoms with E-state index in [1.807, 2.05) is 12.1 Å². The molecule has 0 bridgehead atoms. The molecule has 1 unspecified atom stereocenters. The van der Waals surface area contributed by atoms with Gasteiger partial charge in [0.25, 0.3) is 0 Å². The van der Waals surface area contributed by atoms with Crippen LogP contribution in [0.3, 0.4) is 0 Å². The Kier molecular flexibility index (Phi) is 2.23. The molecule has 0 aliphatic carbocycles. The van der Waals surface area contributed by atoms with E-state index in [0.717, 1.165) is 12.4 Å². The van der Waals surface area contributed by atoms with Crippen LogP contribution in [0.1, 0.15) is 0 Å². The van der Waals surface area contributed by atoms with Crippen molar-refractivity contribution in [2.75, 3.05) is 12.4 Å². The number of ether oxygens (including phenoxy) is 1. The van der Waals surface area contributed by atoms with Gasteiger partial charge in [-0.15, -0.1) is 11.8 Å². The van der Waals surface area contributed by atoms with Crippen LogP contribution in [-0.4, -0.2) is 23.6 Å². The number of phenols is 1. The first kappa shape index (κ1) is 7.95. The van der Waals surface area contributed by atoms with Crippen molar-refractivity contribution in [3.63, 3.8) is 0 Å². The molecular weight excluding hydrogens is 172 g/mol. The molecule has 1 aromatic carbocycles. The molecule has 0 radical (unpaired) electrons. The predicted molar refractivity (Wildman–Crippen MR) is 48.6 cm³/mol. The van der Waals surface area contributed by atoms with Crippen molar-refractivity contribution in [2.45, 2.75) is 11.0 Å². The predicted octanol–water partition coefficient (Wildman–Crippen LogP) is 1.88. The summed E-state index contributed by atoms with van der Waals surface area (Å²) in [5.41, 5.74) is 0. The lowest BCUT2D eigenvalue weighted by molar-refractivity contribution is 0.426. The highest BCUT2D eigenvalue weighted by molar-refractivity contribution is 7.99. The summed E-state index contributed by atoms with van der Waals surface area (Å²) in [6.07, 6.45) is 0.462. The molecule has 1 aliphatic rings. The molecule has 1 aromatic rings. The van der Waals surface area contributed by atoms with Gasteiger partial charge in [-0.3, -0.25) is 0 Å². The number of phenolic OH excluding ortho intramolecular Hbond substituents is 1. The summed E-state index contributed by atoms with van der Waals surface area (Å²) in [6.45, 7) is 0.908. The first-order valence-corrected chi connectivity index (χ1v) is 4.86. The molecule has 0 spiro atoms. The van der Waals surface area contributed by atoms with Crippen molar-refractivity contribution in [3.8, 4) is 5.75 Å². The highest BCUT2D eigenvalue weighted by Gasteiger charge is 2.21. The number of hydrogen-bond acceptors (Lipinski definition) is 3. The molecule has 2 rings (SSSR count). The zero-order valence-corrected chi connectivity index (χ0v) is 7.38. The van der Waals surface area contributed by atoms with Crippen molar-refractivity contribution >= 4 is 11.8 Å². The molecule has 1 fully saturated rings. The van der Waals surface area contributed by atoms with E-state index in [-0.39, 0.29) is 0 Å². The Bertz CT molecular complexity index is 254. The average Bonchev–Trinajstić information content (AvgIpc) is 2.87. The minimum Gasteiger partial charge on any atom is -0.508 e. The van der Waals surface area contributed by atoms with Gasteiger partial charge in [-0.05, 0) is 24.3 Å². The number of hydrogen-bond donors (Lipinski definition) is 1. The zero-order valence-electron chi connectivity index (χ0n) is 6.56. The van der Waals surface area contributed by atoms with Crippen LogP contribution in [0.25, 0.3) is 0 Å². The minimum absolute atomic E-state index is 0.321. The van der Waals surface area contributed by atoms with Crippen molar-refractivity contribution in [1.29, 1.82) is 0 Å². The van der Waals surface area contributed by atoms with E-state index < -0.39 is 0 Å². The molecule has 0 amide bonds. The number of benzene rings is 1. The van der Waals surface area contributed by atoms with Crippen LogP contribution in [0.4, 0.5) is 0 Å². The Morgan fingerprint density at radius 2 is 2.08 bits per heavy atom. The summed E-state index contributed by atoms with van der Waals surface area (Å²) in [6, 6.07) is 7.25. The van der Waals surface area contributed by atoms with Gasteiger partial charge in [0.1, 0.15) is 5.75 Å². The first-order chi connectivity index (χ1) is 5.84. The van der Waals surface area contributed by atoms with E-state index in [4.69, 9.17) is 9.84 Å². The van der Waals surface area contributed by atoms with Crippen LogP contribution in [0.5, 0.6) is 5.75 Å². The quantitative estimate of drug-likeness (QED) is 0.572. The number of rotatable bonds is 3. The zero-order chi connectivity index (χ0) is 8.39. The molecule has 2 nitrogen and oxygen atoms in total. The lowest BCUT2D eigenvalue weighted by Gasteiger charge is -1.98. The molecule has 64 valence electrons. The molecule has 1 saturated heterocycles. The fourth-order valence-corrected chi connectivity index (χ4v) is 1.80. The second kappa shape index (κ2) is 3.37. The van der Waals surface area contributed by atoms with Crippen molar-refractivity contribution in [1.82, 2.24) is 0 Å². The van der Waals surface area contributed by atoms with E-state index in [9.17, 15) is 0 Å². The monoisotopic (exact) mass is 182 g/mol. The van der Waals surface area contributed by atoms with E-state index in [0.29, 0.717) is 11.9 Å². The summed E-state index contributed by atoms with van der Waals surface area (Å²) in [4.78, 5) is 1.18. The van der Waals surface area contributed by atoms with Crippen LogP contribution in [0, 0.1) is 0 Å². The third kappa shape index (κ3) is 2.16. The summed E-state index contributed by atoms with van der Waals surface area (Å²) < 4.78 is 5.08. The maximum Gasteiger partial charge on any atom is 0.115 e. The molecule has 3 heteroatoms. The standard InChI is InChI=1S/C9H10O2S/c10-7-1-3-9(4-2-7)12-6-8-5-11-8/h1-4,8,10H,5-6H2. The minimum atomic E-state index is 0.321. The van der Waals surface area contributed by atoms with E-state index in [1.54, 1.807) is 23.9 Å². The van der Waals surface area contributed by atoms with Crippen molar-refractivity contribution in [2.24, 2.45) is 0 Å². The largest absolute Gasteiger partial charge is 0.508 e. The topological polar surface area (TPSA) is 32.8 Å². The second-order valence-corrected chi connectivity index (χ2v) is 3.85. The van der Waals surface area contributed by atoms with Gasteiger partial charge in [-0.25, -0.2) is 0 Å². The molecular formula is C9H10O2S. The van der Waals surface area contributed by atoms with E-state index >= 15 is 0 Å². The third-order valence-corrected chi connectivity index (χ3v) is 2.82. The van der Waals surface area contributed by atoms with Gasteiger partial charge in [-0.1, -0.05) is 0 Å². The lowest BCUT2D eigenvalue weighted by atomic mass is 10.3. The fraction of sp³-hybridized carbons (Fsp3) is 0.333. The molecule has 1 N–H and O–H groups in total. The Labute approximate surface area is 75.6 Å². The maximum absolute atomic E-state index is 9.01. The number of epoxide rings is 1. The molecule has 1 aliphatic heterocycles. The van der Waals surface area contributed by atoms with Gasteiger partial charge >= 0.3 is 0 Å². The second-order valence-electron chi connectivity index (χ2n) is 2.76. The molecule has 0 aromatic heterocycles. The SMILES string of the molecule is Oc1ccc(SCC2CO2)cc1. The normalized spacial score (nSPS) is 20.8. The van der Waals surface area contributed by atoms with Gasteiger partial charge < -0.3 is 9.84 Å². The Balaban J connectivity index is 1.89. The van der Waals surface area contributed by atoms with Crippen LogP contribution in [0.2, 0.25) is 0 Å². The fourth-order valence-electron chi connectivity index (χ4n) is 0.896. The van der Waals surface area contributed by atoms with E-state index in [1.165, 1.54) is 4.90 Å². The third-order valence-electron chi connectivity index (χ3n) is 1.67. The summed E-state index contributed by atoms with van der Waals surface area (Å²) in [5.74, 6) is 1.34. The molecule has 0 saturated carbocycles. The van der Waals surface area contributed by atoms with Crippen LogP contribution < -0.4 is 0 Å². The van der Waals surface area contributed by atoms with Crippen molar-refractivity contribution < 1.29 is 9.84 Å². The Morgan fingerprint density at radius 3 is 2.67 bits per heavy atom. The molecule has 1 atom stereocenters. The van der Waals surface area contributed by atoms with Crippen LogP contribution in [-0.2, 0) is 4.74 Å². The first-order valence-electron chi connectivity index (χ1n) is 3.88. The smallest absolute Gasteiger partial charge is 0.115 e.